The first kappa shape index (κ1) is 21.8. The fourth-order valence-electron chi connectivity index (χ4n) is 3.52. The van der Waals surface area contributed by atoms with E-state index in [1.165, 1.54) is 12.1 Å². The number of benzene rings is 1. The minimum Gasteiger partial charge on any atom is -0.481 e. The lowest BCUT2D eigenvalue weighted by Crippen LogP contribution is -2.56. The molecule has 3 rings (SSSR count). The molecule has 1 aromatic carbocycles. The number of hydrogen-bond donors (Lipinski definition) is 3. The number of likely N-dealkylation sites (tertiary alicyclic amines) is 1. The molecule has 8 nitrogen and oxygen atoms in total. The molecule has 4 atom stereocenters. The molecule has 0 spiro atoms. The molecule has 1 aliphatic heterocycles. The van der Waals surface area contributed by atoms with Crippen LogP contribution in [0.4, 0.5) is 8.78 Å². The number of carbonyl (C=O) groups is 2. The topological polar surface area (TPSA) is 116 Å². The highest BCUT2D eigenvalue weighted by Gasteiger charge is 2.37. The van der Waals surface area contributed by atoms with Crippen molar-refractivity contribution in [2.45, 2.75) is 38.5 Å². The molecule has 1 fully saturated rings. The highest BCUT2D eigenvalue weighted by Crippen LogP contribution is 2.25. The van der Waals surface area contributed by atoms with E-state index in [1.54, 1.807) is 6.92 Å². The number of aliphatic carboxylic acids is 1. The standard InChI is InChI=1S/C20H23F2N3O5/c1-10(11(2)26)25-6-5-16(14(9-25)20(28)29)23-19(27)17-8-18(30-24-17)13-4-3-12(21)7-15(13)22/h3-4,7-8,10-11,14,16,26H,5-6,9H2,1-2H3,(H,23,27)(H,28,29)/t10-,11+,14+,16+/m1/s1. The van der Waals surface area contributed by atoms with Gasteiger partial charge in [-0.15, -0.1) is 0 Å². The number of amides is 1. The summed E-state index contributed by atoms with van der Waals surface area (Å²) in [6.07, 6.45) is -0.247. The quantitative estimate of drug-likeness (QED) is 0.650. The van der Waals surface area contributed by atoms with Crippen LogP contribution in [0.25, 0.3) is 11.3 Å². The summed E-state index contributed by atoms with van der Waals surface area (Å²) in [5.74, 6) is -4.23. The van der Waals surface area contributed by atoms with Crippen LogP contribution in [0.1, 0.15) is 30.8 Å². The summed E-state index contributed by atoms with van der Waals surface area (Å²) in [5.41, 5.74) is -0.190. The second-order valence-electron chi connectivity index (χ2n) is 7.49. The average molecular weight is 423 g/mol. The van der Waals surface area contributed by atoms with Gasteiger partial charge in [0.1, 0.15) is 11.6 Å². The van der Waals surface area contributed by atoms with Crippen LogP contribution in [0.5, 0.6) is 0 Å². The first-order valence-corrected chi connectivity index (χ1v) is 9.55. The Balaban J connectivity index is 1.71. The number of aliphatic hydroxyl groups excluding tert-OH is 1. The zero-order valence-corrected chi connectivity index (χ0v) is 16.5. The molecule has 2 aromatic rings. The zero-order chi connectivity index (χ0) is 22.0. The van der Waals surface area contributed by atoms with Gasteiger partial charge in [-0.05, 0) is 32.4 Å². The molecule has 1 saturated heterocycles. The molecule has 1 aliphatic rings. The summed E-state index contributed by atoms with van der Waals surface area (Å²) in [7, 11) is 0. The van der Waals surface area contributed by atoms with Gasteiger partial charge in [0.25, 0.3) is 5.91 Å². The molecule has 3 N–H and O–H groups in total. The van der Waals surface area contributed by atoms with Crippen molar-refractivity contribution in [2.24, 2.45) is 5.92 Å². The van der Waals surface area contributed by atoms with Gasteiger partial charge in [0, 0.05) is 37.3 Å². The maximum Gasteiger partial charge on any atom is 0.309 e. The van der Waals surface area contributed by atoms with Gasteiger partial charge >= 0.3 is 5.97 Å². The summed E-state index contributed by atoms with van der Waals surface area (Å²) >= 11 is 0. The first-order valence-electron chi connectivity index (χ1n) is 9.55. The van der Waals surface area contributed by atoms with Crippen molar-refractivity contribution in [3.05, 3.63) is 41.6 Å². The molecule has 10 heteroatoms. The third kappa shape index (κ3) is 4.65. The smallest absolute Gasteiger partial charge is 0.309 e. The first-order chi connectivity index (χ1) is 14.2. The molecule has 1 amide bonds. The van der Waals surface area contributed by atoms with E-state index < -0.39 is 41.6 Å². The lowest BCUT2D eigenvalue weighted by atomic mass is 9.90. The van der Waals surface area contributed by atoms with Gasteiger partial charge < -0.3 is 20.1 Å². The SMILES string of the molecule is C[C@H](O)[C@@H](C)N1CC[C@H](NC(=O)c2cc(-c3ccc(F)cc3F)on2)[C@@H](C(=O)O)C1. The summed E-state index contributed by atoms with van der Waals surface area (Å²) in [6.45, 7) is 4.14. The number of nitrogens with zero attached hydrogens (tertiary/aromatic N) is 2. The van der Waals surface area contributed by atoms with E-state index in [-0.39, 0.29) is 29.6 Å². The fourth-order valence-corrected chi connectivity index (χ4v) is 3.52. The van der Waals surface area contributed by atoms with Crippen LogP contribution >= 0.6 is 0 Å². The molecule has 0 unspecified atom stereocenters. The number of carbonyl (C=O) groups excluding carboxylic acids is 1. The van der Waals surface area contributed by atoms with Crippen LogP contribution in [-0.4, -0.2) is 63.4 Å². The predicted molar refractivity (Wildman–Crippen MR) is 102 cm³/mol. The van der Waals surface area contributed by atoms with E-state index in [2.05, 4.69) is 10.5 Å². The van der Waals surface area contributed by atoms with Gasteiger partial charge in [-0.3, -0.25) is 14.5 Å². The third-order valence-corrected chi connectivity index (χ3v) is 5.49. The second kappa shape index (κ2) is 8.88. The molecular formula is C20H23F2N3O5. The largest absolute Gasteiger partial charge is 0.481 e. The average Bonchev–Trinajstić information content (AvgIpc) is 3.17. The Bertz CT molecular complexity index is 933. The van der Waals surface area contributed by atoms with Crippen molar-refractivity contribution in [3.63, 3.8) is 0 Å². The van der Waals surface area contributed by atoms with Crippen LogP contribution < -0.4 is 5.32 Å². The minimum absolute atomic E-state index is 0.0481. The van der Waals surface area contributed by atoms with Crippen LogP contribution in [0.2, 0.25) is 0 Å². The van der Waals surface area contributed by atoms with Crippen LogP contribution in [-0.2, 0) is 4.79 Å². The molecular weight excluding hydrogens is 400 g/mol. The minimum atomic E-state index is -1.06. The molecule has 30 heavy (non-hydrogen) atoms. The number of hydrogen-bond acceptors (Lipinski definition) is 6. The van der Waals surface area contributed by atoms with E-state index in [1.807, 2.05) is 11.8 Å². The van der Waals surface area contributed by atoms with Crippen molar-refractivity contribution in [2.75, 3.05) is 13.1 Å². The maximum atomic E-state index is 13.9. The number of carboxylic acid groups (broad SMARTS) is 1. The van der Waals surface area contributed by atoms with Gasteiger partial charge in [0.05, 0.1) is 17.6 Å². The molecule has 0 bridgehead atoms. The highest BCUT2D eigenvalue weighted by atomic mass is 19.1. The van der Waals surface area contributed by atoms with Crippen molar-refractivity contribution in [1.29, 1.82) is 0 Å². The van der Waals surface area contributed by atoms with Crippen LogP contribution in [0.3, 0.4) is 0 Å². The molecule has 0 radical (unpaired) electrons. The van der Waals surface area contributed by atoms with Gasteiger partial charge in [0.2, 0.25) is 0 Å². The predicted octanol–water partition coefficient (Wildman–Crippen LogP) is 1.89. The van der Waals surface area contributed by atoms with E-state index in [0.29, 0.717) is 19.0 Å². The zero-order valence-electron chi connectivity index (χ0n) is 16.5. The van der Waals surface area contributed by atoms with Gasteiger partial charge in [-0.1, -0.05) is 5.16 Å². The number of aromatic nitrogens is 1. The normalized spacial score (nSPS) is 21.8. The Morgan fingerprint density at radius 1 is 1.30 bits per heavy atom. The Morgan fingerprint density at radius 3 is 2.67 bits per heavy atom. The van der Waals surface area contributed by atoms with Crippen molar-refractivity contribution >= 4 is 11.9 Å². The molecule has 0 aliphatic carbocycles. The monoisotopic (exact) mass is 423 g/mol. The molecule has 0 saturated carbocycles. The summed E-state index contributed by atoms with van der Waals surface area (Å²) in [5, 5.41) is 25.6. The maximum absolute atomic E-state index is 13.9. The number of rotatable bonds is 6. The lowest BCUT2D eigenvalue weighted by Gasteiger charge is -2.40. The number of aliphatic hydroxyl groups is 1. The Morgan fingerprint density at radius 2 is 2.03 bits per heavy atom. The van der Waals surface area contributed by atoms with Gasteiger partial charge in [-0.25, -0.2) is 8.78 Å². The summed E-state index contributed by atoms with van der Waals surface area (Å²) in [6, 6.07) is 3.28. The van der Waals surface area contributed by atoms with Crippen LogP contribution in [0, 0.1) is 17.6 Å². The van der Waals surface area contributed by atoms with Gasteiger partial charge in [-0.2, -0.15) is 0 Å². The van der Waals surface area contributed by atoms with Crippen molar-refractivity contribution < 1.29 is 33.1 Å². The molecule has 2 heterocycles. The summed E-state index contributed by atoms with van der Waals surface area (Å²) < 4.78 is 32.0. The number of carboxylic acids is 1. The number of nitrogens with one attached hydrogen (secondary N) is 1. The number of piperidine rings is 1. The Labute approximate surface area is 171 Å². The van der Waals surface area contributed by atoms with E-state index in [9.17, 15) is 28.6 Å². The van der Waals surface area contributed by atoms with Crippen molar-refractivity contribution in [3.8, 4) is 11.3 Å². The number of halogens is 2. The molecule has 1 aromatic heterocycles. The fraction of sp³-hybridized carbons (Fsp3) is 0.450. The van der Waals surface area contributed by atoms with E-state index in [0.717, 1.165) is 6.07 Å². The summed E-state index contributed by atoms with van der Waals surface area (Å²) in [4.78, 5) is 26.2. The Hall–Kier alpha value is -2.85. The van der Waals surface area contributed by atoms with Crippen molar-refractivity contribution in [1.82, 2.24) is 15.4 Å². The van der Waals surface area contributed by atoms with Gasteiger partial charge in [0.15, 0.2) is 11.5 Å². The third-order valence-electron chi connectivity index (χ3n) is 5.49. The van der Waals surface area contributed by atoms with E-state index >= 15 is 0 Å². The highest BCUT2D eigenvalue weighted by molar-refractivity contribution is 5.93. The van der Waals surface area contributed by atoms with Crippen LogP contribution in [0.15, 0.2) is 28.8 Å². The molecule has 162 valence electrons. The Kier molecular flexibility index (Phi) is 6.47. The second-order valence-corrected chi connectivity index (χ2v) is 7.49. The lowest BCUT2D eigenvalue weighted by molar-refractivity contribution is -0.145. The van der Waals surface area contributed by atoms with E-state index in [4.69, 9.17) is 4.52 Å².